The molecule has 1 aromatic carbocycles. The molecular formula is C11H7Cl2NO2. The number of nitrogens with one attached hydrogen (secondary N) is 1. The lowest BCUT2D eigenvalue weighted by Crippen LogP contribution is -2.19. The van der Waals surface area contributed by atoms with E-state index < -0.39 is 0 Å². The van der Waals surface area contributed by atoms with Gasteiger partial charge in [0.15, 0.2) is 0 Å². The van der Waals surface area contributed by atoms with E-state index in [1.54, 1.807) is 24.3 Å². The van der Waals surface area contributed by atoms with E-state index in [4.69, 9.17) is 23.2 Å². The highest BCUT2D eigenvalue weighted by Gasteiger charge is 2.23. The van der Waals surface area contributed by atoms with Gasteiger partial charge in [-0.1, -0.05) is 29.3 Å². The van der Waals surface area contributed by atoms with Crippen molar-refractivity contribution >= 4 is 41.1 Å². The van der Waals surface area contributed by atoms with Gasteiger partial charge in [-0.25, -0.2) is 0 Å². The summed E-state index contributed by atoms with van der Waals surface area (Å²) in [5, 5.41) is 3.18. The zero-order valence-corrected chi connectivity index (χ0v) is 9.60. The van der Waals surface area contributed by atoms with Crippen molar-refractivity contribution in [1.29, 1.82) is 0 Å². The summed E-state index contributed by atoms with van der Waals surface area (Å²) in [4.78, 5) is 22.3. The first-order valence-electron chi connectivity index (χ1n) is 4.56. The molecule has 1 aliphatic rings. The van der Waals surface area contributed by atoms with E-state index in [2.05, 4.69) is 5.32 Å². The van der Waals surface area contributed by atoms with Crippen LogP contribution in [0.1, 0.15) is 12.0 Å². The SMILES string of the molecule is O=C1C/C(=C/c2ccc(Cl)cc2Cl)C(=O)N1. The van der Waals surface area contributed by atoms with Crippen LogP contribution in [0, 0.1) is 0 Å². The molecule has 1 heterocycles. The van der Waals surface area contributed by atoms with Crippen LogP contribution in [0.3, 0.4) is 0 Å². The average Bonchev–Trinajstić information content (AvgIpc) is 2.50. The van der Waals surface area contributed by atoms with E-state index in [0.29, 0.717) is 21.2 Å². The van der Waals surface area contributed by atoms with Crippen LogP contribution in [-0.2, 0) is 9.59 Å². The van der Waals surface area contributed by atoms with Crippen molar-refractivity contribution in [2.24, 2.45) is 0 Å². The van der Waals surface area contributed by atoms with Gasteiger partial charge < -0.3 is 0 Å². The maximum absolute atomic E-state index is 11.3. The first-order chi connectivity index (χ1) is 7.56. The molecule has 1 aromatic rings. The Morgan fingerprint density at radius 3 is 2.56 bits per heavy atom. The number of hydrogen-bond acceptors (Lipinski definition) is 2. The highest BCUT2D eigenvalue weighted by atomic mass is 35.5. The monoisotopic (exact) mass is 255 g/mol. The summed E-state index contributed by atoms with van der Waals surface area (Å²) >= 11 is 11.7. The predicted octanol–water partition coefficient (Wildman–Crippen LogP) is 2.42. The normalized spacial score (nSPS) is 18.0. The molecule has 2 rings (SSSR count). The molecule has 3 nitrogen and oxygen atoms in total. The largest absolute Gasteiger partial charge is 0.292 e. The van der Waals surface area contributed by atoms with Crippen LogP contribution in [0.5, 0.6) is 0 Å². The lowest BCUT2D eigenvalue weighted by atomic mass is 10.1. The summed E-state index contributed by atoms with van der Waals surface area (Å²) in [6.07, 6.45) is 1.69. The Morgan fingerprint density at radius 1 is 1.25 bits per heavy atom. The van der Waals surface area contributed by atoms with Crippen molar-refractivity contribution < 1.29 is 9.59 Å². The maximum Gasteiger partial charge on any atom is 0.254 e. The molecule has 0 spiro atoms. The first kappa shape index (κ1) is 11.2. The Hall–Kier alpha value is -1.32. The van der Waals surface area contributed by atoms with E-state index in [9.17, 15) is 9.59 Å². The fraction of sp³-hybridized carbons (Fsp3) is 0.0909. The van der Waals surface area contributed by atoms with Crippen molar-refractivity contribution in [3.63, 3.8) is 0 Å². The number of halogens is 2. The molecule has 0 unspecified atom stereocenters. The van der Waals surface area contributed by atoms with E-state index in [0.717, 1.165) is 0 Å². The average molecular weight is 256 g/mol. The van der Waals surface area contributed by atoms with Crippen LogP contribution in [0.4, 0.5) is 0 Å². The molecular weight excluding hydrogens is 249 g/mol. The first-order valence-corrected chi connectivity index (χ1v) is 5.31. The Balaban J connectivity index is 2.36. The van der Waals surface area contributed by atoms with Crippen molar-refractivity contribution in [1.82, 2.24) is 5.32 Å². The van der Waals surface area contributed by atoms with Crippen molar-refractivity contribution in [2.75, 3.05) is 0 Å². The fourth-order valence-electron chi connectivity index (χ4n) is 1.43. The number of carbonyl (C=O) groups excluding carboxylic acids is 2. The maximum atomic E-state index is 11.3. The standard InChI is InChI=1S/C11H7Cl2NO2/c12-8-2-1-6(9(13)5-8)3-7-4-10(15)14-11(7)16/h1-3,5H,4H2,(H,14,15,16)/b7-3-. The molecule has 16 heavy (non-hydrogen) atoms. The van der Waals surface area contributed by atoms with E-state index in [-0.39, 0.29) is 18.2 Å². The smallest absolute Gasteiger partial charge is 0.254 e. The van der Waals surface area contributed by atoms with Gasteiger partial charge in [0, 0.05) is 15.6 Å². The summed E-state index contributed by atoms with van der Waals surface area (Å²) in [6.45, 7) is 0. The molecule has 1 aliphatic heterocycles. The highest BCUT2D eigenvalue weighted by molar-refractivity contribution is 6.35. The lowest BCUT2D eigenvalue weighted by molar-refractivity contribution is -0.124. The van der Waals surface area contributed by atoms with E-state index in [1.165, 1.54) is 0 Å². The molecule has 2 amide bonds. The minimum atomic E-state index is -0.365. The predicted molar refractivity (Wildman–Crippen MR) is 62.2 cm³/mol. The van der Waals surface area contributed by atoms with Gasteiger partial charge in [0.2, 0.25) is 5.91 Å². The molecule has 0 aliphatic carbocycles. The second-order valence-electron chi connectivity index (χ2n) is 3.39. The van der Waals surface area contributed by atoms with Crippen LogP contribution in [0.25, 0.3) is 6.08 Å². The fourth-order valence-corrected chi connectivity index (χ4v) is 1.89. The molecule has 1 saturated heterocycles. The zero-order chi connectivity index (χ0) is 11.7. The quantitative estimate of drug-likeness (QED) is 0.619. The van der Waals surface area contributed by atoms with Gasteiger partial charge in [-0.05, 0) is 23.8 Å². The van der Waals surface area contributed by atoms with Gasteiger partial charge in [-0.3, -0.25) is 14.9 Å². The number of benzene rings is 1. The summed E-state index contributed by atoms with van der Waals surface area (Å²) in [5.74, 6) is -0.655. The van der Waals surface area contributed by atoms with Crippen LogP contribution in [0.2, 0.25) is 10.0 Å². The third kappa shape index (κ3) is 2.26. The highest BCUT2D eigenvalue weighted by Crippen LogP contribution is 2.24. The van der Waals surface area contributed by atoms with Crippen molar-refractivity contribution in [3.8, 4) is 0 Å². The minimum absolute atomic E-state index is 0.0950. The van der Waals surface area contributed by atoms with Crippen molar-refractivity contribution in [2.45, 2.75) is 6.42 Å². The number of imide groups is 1. The van der Waals surface area contributed by atoms with Gasteiger partial charge in [0.1, 0.15) is 0 Å². The Kier molecular flexibility index (Phi) is 2.99. The number of carbonyl (C=O) groups is 2. The molecule has 0 saturated carbocycles. The minimum Gasteiger partial charge on any atom is -0.292 e. The van der Waals surface area contributed by atoms with Crippen LogP contribution in [0.15, 0.2) is 23.8 Å². The second kappa shape index (κ2) is 4.28. The molecule has 0 radical (unpaired) electrons. The molecule has 1 N–H and O–H groups in total. The molecule has 0 atom stereocenters. The summed E-state index contributed by atoms with van der Waals surface area (Å²) in [5.41, 5.74) is 1.08. The molecule has 0 bridgehead atoms. The number of rotatable bonds is 1. The number of amides is 2. The zero-order valence-electron chi connectivity index (χ0n) is 8.09. The van der Waals surface area contributed by atoms with Gasteiger partial charge in [-0.15, -0.1) is 0 Å². The molecule has 82 valence electrons. The summed E-state index contributed by atoms with van der Waals surface area (Å²) in [6, 6.07) is 4.96. The second-order valence-corrected chi connectivity index (χ2v) is 4.23. The Bertz CT molecular complexity index is 509. The van der Waals surface area contributed by atoms with Crippen molar-refractivity contribution in [3.05, 3.63) is 39.4 Å². The van der Waals surface area contributed by atoms with Crippen LogP contribution in [-0.4, -0.2) is 11.8 Å². The summed E-state index contributed by atoms with van der Waals surface area (Å²) in [7, 11) is 0. The lowest BCUT2D eigenvalue weighted by Gasteiger charge is -1.99. The van der Waals surface area contributed by atoms with Gasteiger partial charge in [0.05, 0.1) is 6.42 Å². The van der Waals surface area contributed by atoms with Crippen LogP contribution < -0.4 is 5.32 Å². The third-order valence-electron chi connectivity index (χ3n) is 2.19. The topological polar surface area (TPSA) is 46.2 Å². The Labute approximate surface area is 102 Å². The number of hydrogen-bond donors (Lipinski definition) is 1. The molecule has 5 heteroatoms. The van der Waals surface area contributed by atoms with Gasteiger partial charge in [-0.2, -0.15) is 0 Å². The van der Waals surface area contributed by atoms with E-state index >= 15 is 0 Å². The summed E-state index contributed by atoms with van der Waals surface area (Å²) < 4.78 is 0. The molecule has 1 fully saturated rings. The molecule has 0 aromatic heterocycles. The Morgan fingerprint density at radius 2 is 2.00 bits per heavy atom. The van der Waals surface area contributed by atoms with Gasteiger partial charge >= 0.3 is 0 Å². The van der Waals surface area contributed by atoms with E-state index in [1.807, 2.05) is 0 Å². The van der Waals surface area contributed by atoms with Gasteiger partial charge in [0.25, 0.3) is 5.91 Å². The third-order valence-corrected chi connectivity index (χ3v) is 2.75. The van der Waals surface area contributed by atoms with Crippen LogP contribution >= 0.6 is 23.2 Å².